The highest BCUT2D eigenvalue weighted by Crippen LogP contribution is 2.11. The average molecular weight is 252 g/mol. The van der Waals surface area contributed by atoms with Crippen LogP contribution in [-0.2, 0) is 6.54 Å². The third-order valence-electron chi connectivity index (χ3n) is 2.79. The summed E-state index contributed by atoms with van der Waals surface area (Å²) in [5.74, 6) is 0.868. The van der Waals surface area contributed by atoms with Crippen LogP contribution in [0.1, 0.15) is 18.9 Å². The van der Waals surface area contributed by atoms with Crippen LogP contribution in [-0.4, -0.2) is 42.9 Å². The SMILES string of the molecule is CCCN(CCO)CCOc1ccc(CN)cc1. The van der Waals surface area contributed by atoms with Gasteiger partial charge in [0.05, 0.1) is 6.61 Å². The van der Waals surface area contributed by atoms with Crippen LogP contribution in [0.15, 0.2) is 24.3 Å². The lowest BCUT2D eigenvalue weighted by Crippen LogP contribution is -2.31. The molecule has 0 aliphatic heterocycles. The van der Waals surface area contributed by atoms with Crippen molar-refractivity contribution in [1.82, 2.24) is 4.90 Å². The molecule has 0 aliphatic carbocycles. The maximum absolute atomic E-state index is 8.94. The van der Waals surface area contributed by atoms with E-state index in [4.69, 9.17) is 15.6 Å². The van der Waals surface area contributed by atoms with Crippen molar-refractivity contribution in [3.8, 4) is 5.75 Å². The van der Waals surface area contributed by atoms with Crippen LogP contribution in [0.25, 0.3) is 0 Å². The van der Waals surface area contributed by atoms with Gasteiger partial charge in [0.15, 0.2) is 0 Å². The lowest BCUT2D eigenvalue weighted by Gasteiger charge is -2.20. The molecule has 0 saturated heterocycles. The Hall–Kier alpha value is -1.10. The molecule has 0 fully saturated rings. The molecule has 1 rings (SSSR count). The summed E-state index contributed by atoms with van der Waals surface area (Å²) in [6.07, 6.45) is 1.09. The second-order valence-electron chi connectivity index (χ2n) is 4.26. The van der Waals surface area contributed by atoms with E-state index >= 15 is 0 Å². The Morgan fingerprint density at radius 3 is 2.44 bits per heavy atom. The zero-order valence-corrected chi connectivity index (χ0v) is 11.1. The van der Waals surface area contributed by atoms with Gasteiger partial charge in [-0.25, -0.2) is 0 Å². The summed E-state index contributed by atoms with van der Waals surface area (Å²) >= 11 is 0. The largest absolute Gasteiger partial charge is 0.492 e. The summed E-state index contributed by atoms with van der Waals surface area (Å²) in [6, 6.07) is 7.84. The van der Waals surface area contributed by atoms with E-state index in [-0.39, 0.29) is 6.61 Å². The summed E-state index contributed by atoms with van der Waals surface area (Å²) < 4.78 is 5.66. The Bertz CT molecular complexity index is 308. The third-order valence-corrected chi connectivity index (χ3v) is 2.79. The second kappa shape index (κ2) is 8.91. The zero-order chi connectivity index (χ0) is 13.2. The van der Waals surface area contributed by atoms with E-state index in [1.54, 1.807) is 0 Å². The van der Waals surface area contributed by atoms with E-state index in [0.717, 1.165) is 30.8 Å². The van der Waals surface area contributed by atoms with E-state index in [0.29, 0.717) is 19.7 Å². The minimum absolute atomic E-state index is 0.200. The normalized spacial score (nSPS) is 10.9. The molecule has 4 heteroatoms. The number of rotatable bonds is 9. The summed E-state index contributed by atoms with van der Waals surface area (Å²) in [4.78, 5) is 2.20. The van der Waals surface area contributed by atoms with Gasteiger partial charge in [-0.2, -0.15) is 0 Å². The van der Waals surface area contributed by atoms with Crippen LogP contribution in [0.5, 0.6) is 5.75 Å². The first-order valence-electron chi connectivity index (χ1n) is 6.55. The number of hydrogen-bond donors (Lipinski definition) is 2. The van der Waals surface area contributed by atoms with Crippen LogP contribution >= 0.6 is 0 Å². The molecule has 0 aromatic heterocycles. The van der Waals surface area contributed by atoms with Crippen LogP contribution in [0.4, 0.5) is 0 Å². The molecule has 0 bridgehead atoms. The number of aliphatic hydroxyl groups is 1. The van der Waals surface area contributed by atoms with Crippen LogP contribution in [0, 0.1) is 0 Å². The van der Waals surface area contributed by atoms with Crippen molar-refractivity contribution in [2.75, 3.05) is 32.8 Å². The molecule has 18 heavy (non-hydrogen) atoms. The van der Waals surface area contributed by atoms with E-state index in [1.165, 1.54) is 0 Å². The second-order valence-corrected chi connectivity index (χ2v) is 4.26. The predicted molar refractivity (Wildman–Crippen MR) is 73.6 cm³/mol. The molecule has 1 aromatic carbocycles. The molecule has 0 amide bonds. The van der Waals surface area contributed by atoms with Gasteiger partial charge in [-0.05, 0) is 30.7 Å². The highest BCUT2D eigenvalue weighted by atomic mass is 16.5. The smallest absolute Gasteiger partial charge is 0.119 e. The van der Waals surface area contributed by atoms with Crippen molar-refractivity contribution in [2.24, 2.45) is 5.73 Å². The molecule has 1 aromatic rings. The summed E-state index contributed by atoms with van der Waals surface area (Å²) in [5.41, 5.74) is 6.64. The molecule has 0 unspecified atom stereocenters. The first-order chi connectivity index (χ1) is 8.80. The van der Waals surface area contributed by atoms with Gasteiger partial charge in [0, 0.05) is 19.6 Å². The molecule has 102 valence electrons. The Balaban J connectivity index is 2.30. The minimum atomic E-state index is 0.200. The Morgan fingerprint density at radius 1 is 1.17 bits per heavy atom. The third kappa shape index (κ3) is 5.49. The minimum Gasteiger partial charge on any atom is -0.492 e. The topological polar surface area (TPSA) is 58.7 Å². The number of aliphatic hydroxyl groups excluding tert-OH is 1. The summed E-state index contributed by atoms with van der Waals surface area (Å²) in [6.45, 7) is 6.08. The quantitative estimate of drug-likeness (QED) is 0.694. The highest BCUT2D eigenvalue weighted by Gasteiger charge is 2.03. The van der Waals surface area contributed by atoms with Gasteiger partial charge in [-0.1, -0.05) is 19.1 Å². The van der Waals surface area contributed by atoms with Crippen molar-refractivity contribution in [1.29, 1.82) is 0 Å². The molecule has 0 aliphatic rings. The first-order valence-corrected chi connectivity index (χ1v) is 6.55. The van der Waals surface area contributed by atoms with E-state index in [9.17, 15) is 0 Å². The van der Waals surface area contributed by atoms with Crippen LogP contribution in [0.2, 0.25) is 0 Å². The molecule has 0 radical (unpaired) electrons. The van der Waals surface area contributed by atoms with Gasteiger partial charge in [0.1, 0.15) is 12.4 Å². The number of nitrogens with two attached hydrogens (primary N) is 1. The lowest BCUT2D eigenvalue weighted by molar-refractivity contribution is 0.168. The first kappa shape index (κ1) is 15.0. The Labute approximate surface area is 109 Å². The van der Waals surface area contributed by atoms with Gasteiger partial charge in [-0.3, -0.25) is 4.90 Å². The maximum Gasteiger partial charge on any atom is 0.119 e. The predicted octanol–water partition coefficient (Wildman–Crippen LogP) is 1.23. The molecular formula is C14H24N2O2. The van der Waals surface area contributed by atoms with E-state index in [2.05, 4.69) is 11.8 Å². The number of ether oxygens (including phenoxy) is 1. The fraction of sp³-hybridized carbons (Fsp3) is 0.571. The molecule has 0 heterocycles. The fourth-order valence-electron chi connectivity index (χ4n) is 1.81. The van der Waals surface area contributed by atoms with Gasteiger partial charge < -0.3 is 15.6 Å². The molecule has 0 atom stereocenters. The Morgan fingerprint density at radius 2 is 1.89 bits per heavy atom. The zero-order valence-electron chi connectivity index (χ0n) is 11.1. The fourth-order valence-corrected chi connectivity index (χ4v) is 1.81. The van der Waals surface area contributed by atoms with Gasteiger partial charge in [0.2, 0.25) is 0 Å². The molecule has 3 N–H and O–H groups in total. The van der Waals surface area contributed by atoms with Crippen molar-refractivity contribution < 1.29 is 9.84 Å². The monoisotopic (exact) mass is 252 g/mol. The summed E-state index contributed by atoms with van der Waals surface area (Å²) in [5, 5.41) is 8.94. The Kier molecular flexibility index (Phi) is 7.41. The number of benzene rings is 1. The van der Waals surface area contributed by atoms with Gasteiger partial charge in [-0.15, -0.1) is 0 Å². The molecular weight excluding hydrogens is 228 g/mol. The van der Waals surface area contributed by atoms with Crippen molar-refractivity contribution in [3.05, 3.63) is 29.8 Å². The molecule has 0 saturated carbocycles. The van der Waals surface area contributed by atoms with Gasteiger partial charge in [0.25, 0.3) is 0 Å². The van der Waals surface area contributed by atoms with Crippen LogP contribution < -0.4 is 10.5 Å². The number of hydrogen-bond acceptors (Lipinski definition) is 4. The maximum atomic E-state index is 8.94. The molecule has 4 nitrogen and oxygen atoms in total. The van der Waals surface area contributed by atoms with E-state index < -0.39 is 0 Å². The van der Waals surface area contributed by atoms with Crippen molar-refractivity contribution >= 4 is 0 Å². The molecule has 0 spiro atoms. The highest BCUT2D eigenvalue weighted by molar-refractivity contribution is 5.27. The van der Waals surface area contributed by atoms with E-state index in [1.807, 2.05) is 24.3 Å². The average Bonchev–Trinajstić information content (AvgIpc) is 2.40. The van der Waals surface area contributed by atoms with Crippen molar-refractivity contribution in [3.63, 3.8) is 0 Å². The lowest BCUT2D eigenvalue weighted by atomic mass is 10.2. The number of nitrogens with zero attached hydrogens (tertiary/aromatic N) is 1. The summed E-state index contributed by atoms with van der Waals surface area (Å²) in [7, 11) is 0. The van der Waals surface area contributed by atoms with Crippen molar-refractivity contribution in [2.45, 2.75) is 19.9 Å². The standard InChI is InChI=1S/C14H24N2O2/c1-2-7-16(8-10-17)9-11-18-14-5-3-13(12-15)4-6-14/h3-6,17H,2,7-12,15H2,1H3. The van der Waals surface area contributed by atoms with Gasteiger partial charge >= 0.3 is 0 Å². The van der Waals surface area contributed by atoms with Crippen LogP contribution in [0.3, 0.4) is 0 Å².